The SMILES string of the molecule is CS(=O)(=O)NCCC1CCCN1C(=O)c1cccnc1. The van der Waals surface area contributed by atoms with Crippen LogP contribution in [0.5, 0.6) is 0 Å². The number of amides is 1. The highest BCUT2D eigenvalue weighted by molar-refractivity contribution is 7.88. The first-order valence-corrected chi connectivity index (χ1v) is 8.52. The van der Waals surface area contributed by atoms with E-state index in [1.165, 1.54) is 0 Å². The lowest BCUT2D eigenvalue weighted by Gasteiger charge is -2.24. The molecule has 7 heteroatoms. The minimum atomic E-state index is -3.17. The topological polar surface area (TPSA) is 79.4 Å². The first kappa shape index (κ1) is 14.9. The first-order chi connectivity index (χ1) is 9.47. The molecule has 1 unspecified atom stereocenters. The average molecular weight is 297 g/mol. The van der Waals surface area contributed by atoms with Crippen molar-refractivity contribution in [3.63, 3.8) is 0 Å². The Balaban J connectivity index is 1.95. The van der Waals surface area contributed by atoms with E-state index < -0.39 is 10.0 Å². The summed E-state index contributed by atoms with van der Waals surface area (Å²) >= 11 is 0. The van der Waals surface area contributed by atoms with E-state index in [1.807, 2.05) is 4.90 Å². The van der Waals surface area contributed by atoms with Gasteiger partial charge in [0, 0.05) is 31.5 Å². The largest absolute Gasteiger partial charge is 0.336 e. The molecule has 1 saturated heterocycles. The molecule has 1 amide bonds. The number of nitrogens with one attached hydrogen (secondary N) is 1. The zero-order valence-electron chi connectivity index (χ0n) is 11.4. The minimum Gasteiger partial charge on any atom is -0.336 e. The third-order valence-electron chi connectivity index (χ3n) is 3.39. The lowest BCUT2D eigenvalue weighted by atomic mass is 10.1. The molecule has 0 spiro atoms. The van der Waals surface area contributed by atoms with Gasteiger partial charge in [0.1, 0.15) is 0 Å². The fourth-order valence-corrected chi connectivity index (χ4v) is 2.96. The molecular weight excluding hydrogens is 278 g/mol. The van der Waals surface area contributed by atoms with E-state index in [2.05, 4.69) is 9.71 Å². The number of carbonyl (C=O) groups is 1. The van der Waals surface area contributed by atoms with Crippen LogP contribution in [0.25, 0.3) is 0 Å². The van der Waals surface area contributed by atoms with Crippen molar-refractivity contribution >= 4 is 15.9 Å². The number of sulfonamides is 1. The number of rotatable bonds is 5. The summed E-state index contributed by atoms with van der Waals surface area (Å²) in [5.74, 6) is -0.0278. The van der Waals surface area contributed by atoms with E-state index in [1.54, 1.807) is 24.5 Å². The number of carbonyl (C=O) groups excluding carboxylic acids is 1. The van der Waals surface area contributed by atoms with Crippen LogP contribution in [0.1, 0.15) is 29.6 Å². The second-order valence-electron chi connectivity index (χ2n) is 4.99. The van der Waals surface area contributed by atoms with Crippen molar-refractivity contribution in [2.45, 2.75) is 25.3 Å². The Morgan fingerprint density at radius 3 is 3.00 bits per heavy atom. The van der Waals surface area contributed by atoms with Gasteiger partial charge in [-0.3, -0.25) is 9.78 Å². The molecule has 20 heavy (non-hydrogen) atoms. The van der Waals surface area contributed by atoms with Crippen LogP contribution < -0.4 is 4.72 Å². The summed E-state index contributed by atoms with van der Waals surface area (Å²) in [5.41, 5.74) is 0.579. The molecule has 1 aromatic heterocycles. The van der Waals surface area contributed by atoms with Crippen molar-refractivity contribution in [1.29, 1.82) is 0 Å². The van der Waals surface area contributed by atoms with Gasteiger partial charge in [0.15, 0.2) is 0 Å². The Labute approximate surface area is 119 Å². The van der Waals surface area contributed by atoms with Gasteiger partial charge in [0.25, 0.3) is 5.91 Å². The molecule has 1 atom stereocenters. The third-order valence-corrected chi connectivity index (χ3v) is 4.12. The van der Waals surface area contributed by atoms with Crippen LogP contribution in [0.15, 0.2) is 24.5 Å². The molecule has 1 N–H and O–H groups in total. The van der Waals surface area contributed by atoms with Crippen LogP contribution in [0.2, 0.25) is 0 Å². The number of nitrogens with zero attached hydrogens (tertiary/aromatic N) is 2. The summed E-state index contributed by atoms with van der Waals surface area (Å²) in [5, 5.41) is 0. The number of aromatic nitrogens is 1. The zero-order valence-corrected chi connectivity index (χ0v) is 12.3. The molecular formula is C13H19N3O3S. The predicted octanol–water partition coefficient (Wildman–Crippen LogP) is 0.625. The lowest BCUT2D eigenvalue weighted by Crippen LogP contribution is -2.38. The van der Waals surface area contributed by atoms with Crippen LogP contribution in [-0.2, 0) is 10.0 Å². The Bertz CT molecular complexity index is 559. The smallest absolute Gasteiger partial charge is 0.255 e. The molecule has 1 aromatic rings. The fourth-order valence-electron chi connectivity index (χ4n) is 2.47. The van der Waals surface area contributed by atoms with Crippen LogP contribution in [0.3, 0.4) is 0 Å². The Hall–Kier alpha value is -1.47. The van der Waals surface area contributed by atoms with E-state index in [0.29, 0.717) is 18.5 Å². The Morgan fingerprint density at radius 2 is 2.35 bits per heavy atom. The number of likely N-dealkylation sites (tertiary alicyclic amines) is 1. The molecule has 110 valence electrons. The van der Waals surface area contributed by atoms with Gasteiger partial charge in [-0.25, -0.2) is 13.1 Å². The fraction of sp³-hybridized carbons (Fsp3) is 0.538. The average Bonchev–Trinajstić information content (AvgIpc) is 2.86. The van der Waals surface area contributed by atoms with Gasteiger partial charge < -0.3 is 4.90 Å². The summed E-state index contributed by atoms with van der Waals surface area (Å²) in [7, 11) is -3.17. The highest BCUT2D eigenvalue weighted by Gasteiger charge is 2.29. The minimum absolute atomic E-state index is 0.0278. The molecule has 2 heterocycles. The van der Waals surface area contributed by atoms with Crippen LogP contribution in [0, 0.1) is 0 Å². The quantitative estimate of drug-likeness (QED) is 0.864. The zero-order chi connectivity index (χ0) is 14.6. The number of pyridine rings is 1. The number of hydrogen-bond acceptors (Lipinski definition) is 4. The summed E-state index contributed by atoms with van der Waals surface area (Å²) < 4.78 is 24.6. The summed E-state index contributed by atoms with van der Waals surface area (Å²) in [6, 6.07) is 3.58. The molecule has 0 aromatic carbocycles. The highest BCUT2D eigenvalue weighted by Crippen LogP contribution is 2.22. The van der Waals surface area contributed by atoms with Gasteiger partial charge in [-0.05, 0) is 31.4 Å². The monoisotopic (exact) mass is 297 g/mol. The highest BCUT2D eigenvalue weighted by atomic mass is 32.2. The van der Waals surface area contributed by atoms with Gasteiger partial charge in [0.2, 0.25) is 10.0 Å². The van der Waals surface area contributed by atoms with E-state index >= 15 is 0 Å². The second kappa shape index (κ2) is 6.32. The van der Waals surface area contributed by atoms with Gasteiger partial charge in [0.05, 0.1) is 11.8 Å². The van der Waals surface area contributed by atoms with Crippen LogP contribution >= 0.6 is 0 Å². The maximum Gasteiger partial charge on any atom is 0.255 e. The van der Waals surface area contributed by atoms with Gasteiger partial charge in [-0.2, -0.15) is 0 Å². The third kappa shape index (κ3) is 4.01. The van der Waals surface area contributed by atoms with Crippen molar-refractivity contribution in [2.24, 2.45) is 0 Å². The van der Waals surface area contributed by atoms with E-state index in [-0.39, 0.29) is 11.9 Å². The Kier molecular flexibility index (Phi) is 4.72. The van der Waals surface area contributed by atoms with Crippen LogP contribution in [0.4, 0.5) is 0 Å². The molecule has 0 bridgehead atoms. The normalized spacial score (nSPS) is 19.2. The van der Waals surface area contributed by atoms with Crippen molar-refractivity contribution in [2.75, 3.05) is 19.3 Å². The molecule has 0 aliphatic carbocycles. The first-order valence-electron chi connectivity index (χ1n) is 6.63. The molecule has 1 fully saturated rings. The van der Waals surface area contributed by atoms with Crippen molar-refractivity contribution in [3.8, 4) is 0 Å². The molecule has 1 aliphatic heterocycles. The van der Waals surface area contributed by atoms with E-state index in [0.717, 1.165) is 25.6 Å². The Morgan fingerprint density at radius 1 is 1.55 bits per heavy atom. The standard InChI is InChI=1S/C13H19N3O3S/c1-20(18,19)15-8-6-12-5-3-9-16(12)13(17)11-4-2-7-14-10-11/h2,4,7,10,12,15H,3,5-6,8-9H2,1H3. The van der Waals surface area contributed by atoms with Gasteiger partial charge in [-0.1, -0.05) is 0 Å². The van der Waals surface area contributed by atoms with E-state index in [4.69, 9.17) is 0 Å². The summed E-state index contributed by atoms with van der Waals surface area (Å²) in [6.45, 7) is 1.08. The number of hydrogen-bond donors (Lipinski definition) is 1. The molecule has 0 saturated carbocycles. The van der Waals surface area contributed by atoms with Gasteiger partial charge in [-0.15, -0.1) is 0 Å². The van der Waals surface area contributed by atoms with Crippen molar-refractivity contribution in [3.05, 3.63) is 30.1 Å². The summed E-state index contributed by atoms with van der Waals surface area (Å²) in [4.78, 5) is 18.1. The van der Waals surface area contributed by atoms with Crippen LogP contribution in [-0.4, -0.2) is 49.6 Å². The second-order valence-corrected chi connectivity index (χ2v) is 6.82. The van der Waals surface area contributed by atoms with Crippen molar-refractivity contribution in [1.82, 2.24) is 14.6 Å². The lowest BCUT2D eigenvalue weighted by molar-refractivity contribution is 0.0731. The molecule has 6 nitrogen and oxygen atoms in total. The molecule has 1 aliphatic rings. The predicted molar refractivity (Wildman–Crippen MR) is 75.8 cm³/mol. The molecule has 0 radical (unpaired) electrons. The van der Waals surface area contributed by atoms with Gasteiger partial charge >= 0.3 is 0 Å². The van der Waals surface area contributed by atoms with E-state index in [9.17, 15) is 13.2 Å². The van der Waals surface area contributed by atoms with Crippen molar-refractivity contribution < 1.29 is 13.2 Å². The summed E-state index contributed by atoms with van der Waals surface area (Å²) in [6.07, 6.45) is 6.84. The molecule has 2 rings (SSSR count). The maximum absolute atomic E-state index is 12.4. The maximum atomic E-state index is 12.4.